The summed E-state index contributed by atoms with van der Waals surface area (Å²) in [4.78, 5) is 26.7. The summed E-state index contributed by atoms with van der Waals surface area (Å²) in [6.07, 6.45) is 2.70. The molecule has 1 N–H and O–H groups in total. The fourth-order valence-corrected chi connectivity index (χ4v) is 3.18. The van der Waals surface area contributed by atoms with E-state index >= 15 is 0 Å². The number of carbonyl (C=O) groups excluding carboxylic acids is 1. The number of aryl methyl sites for hydroxylation is 1. The second-order valence-corrected chi connectivity index (χ2v) is 6.06. The summed E-state index contributed by atoms with van der Waals surface area (Å²) in [5.74, 6) is 1.12. The van der Waals surface area contributed by atoms with Gasteiger partial charge in [0, 0.05) is 41.8 Å². The number of fused-ring (bicyclic) bond motifs is 1. The van der Waals surface area contributed by atoms with Crippen LogP contribution in [0, 0.1) is 6.92 Å². The maximum absolute atomic E-state index is 12.7. The molecule has 2 aromatic heterocycles. The summed E-state index contributed by atoms with van der Waals surface area (Å²) >= 11 is 0. The Kier molecular flexibility index (Phi) is 3.33. The van der Waals surface area contributed by atoms with Crippen molar-refractivity contribution >= 4 is 16.8 Å². The molecule has 1 aromatic carbocycles. The quantitative estimate of drug-likeness (QED) is 0.792. The van der Waals surface area contributed by atoms with Gasteiger partial charge in [0.05, 0.1) is 0 Å². The lowest BCUT2D eigenvalue weighted by molar-refractivity contribution is 0.0785. The van der Waals surface area contributed by atoms with Gasteiger partial charge in [-0.05, 0) is 31.5 Å². The average molecular weight is 306 g/mol. The summed E-state index contributed by atoms with van der Waals surface area (Å²) in [5, 5.41) is 1.06. The summed E-state index contributed by atoms with van der Waals surface area (Å²) in [6, 6.07) is 11.8. The Labute approximate surface area is 134 Å². The van der Waals surface area contributed by atoms with Gasteiger partial charge in [-0.3, -0.25) is 4.79 Å². The topological polar surface area (TPSA) is 61.9 Å². The number of hydrogen-bond acceptors (Lipinski definition) is 3. The van der Waals surface area contributed by atoms with Crippen molar-refractivity contribution in [1.82, 2.24) is 19.9 Å². The number of H-pyrrole nitrogens is 1. The molecular weight excluding hydrogens is 288 g/mol. The highest BCUT2D eigenvalue weighted by molar-refractivity contribution is 5.98. The van der Waals surface area contributed by atoms with Crippen molar-refractivity contribution < 1.29 is 4.79 Å². The molecule has 0 radical (unpaired) electrons. The molecule has 0 unspecified atom stereocenters. The number of benzene rings is 1. The van der Waals surface area contributed by atoms with Crippen LogP contribution in [0.1, 0.15) is 34.3 Å². The second kappa shape index (κ2) is 5.50. The molecule has 23 heavy (non-hydrogen) atoms. The molecule has 1 fully saturated rings. The van der Waals surface area contributed by atoms with Crippen LogP contribution in [-0.4, -0.2) is 38.8 Å². The van der Waals surface area contributed by atoms with E-state index < -0.39 is 0 Å². The number of rotatable bonds is 2. The van der Waals surface area contributed by atoms with E-state index in [2.05, 4.69) is 15.0 Å². The Balaban J connectivity index is 1.54. The van der Waals surface area contributed by atoms with Crippen molar-refractivity contribution in [2.45, 2.75) is 19.3 Å². The highest BCUT2D eigenvalue weighted by Crippen LogP contribution is 2.26. The number of carbonyl (C=O) groups is 1. The predicted octanol–water partition coefficient (Wildman–Crippen LogP) is 2.90. The van der Waals surface area contributed by atoms with Crippen LogP contribution in [-0.2, 0) is 0 Å². The highest BCUT2D eigenvalue weighted by atomic mass is 16.2. The highest BCUT2D eigenvalue weighted by Gasteiger charge is 2.30. The van der Waals surface area contributed by atoms with Crippen LogP contribution in [0.5, 0.6) is 0 Å². The van der Waals surface area contributed by atoms with Crippen LogP contribution in [0.2, 0.25) is 0 Å². The number of aromatic amines is 1. The summed E-state index contributed by atoms with van der Waals surface area (Å²) < 4.78 is 0. The van der Waals surface area contributed by atoms with E-state index in [9.17, 15) is 4.79 Å². The molecule has 116 valence electrons. The average Bonchev–Trinajstić information content (AvgIpc) is 3.21. The van der Waals surface area contributed by atoms with E-state index in [0.717, 1.165) is 35.4 Å². The lowest BCUT2D eigenvalue weighted by atomic mass is 10.1. The summed E-state index contributed by atoms with van der Waals surface area (Å²) in [6.45, 7) is 3.39. The Morgan fingerprint density at radius 1 is 1.30 bits per heavy atom. The van der Waals surface area contributed by atoms with Gasteiger partial charge >= 0.3 is 0 Å². The predicted molar refractivity (Wildman–Crippen MR) is 88.3 cm³/mol. The molecule has 1 saturated heterocycles. The number of para-hydroxylation sites is 1. The van der Waals surface area contributed by atoms with E-state index in [4.69, 9.17) is 0 Å². The maximum Gasteiger partial charge on any atom is 0.270 e. The molecule has 5 nitrogen and oxygen atoms in total. The number of aromatic nitrogens is 3. The van der Waals surface area contributed by atoms with E-state index in [1.54, 1.807) is 6.20 Å². The molecule has 4 rings (SSSR count). The zero-order chi connectivity index (χ0) is 15.8. The lowest BCUT2D eigenvalue weighted by Crippen LogP contribution is -2.28. The van der Waals surface area contributed by atoms with E-state index in [-0.39, 0.29) is 11.8 Å². The Bertz CT molecular complexity index is 837. The van der Waals surface area contributed by atoms with Gasteiger partial charge < -0.3 is 9.88 Å². The standard InChI is InChI=1S/C18H18N4O/c1-12-6-8-19-17(20-12)14-7-9-22(11-14)18(23)16-10-13-4-2-3-5-15(13)21-16/h2-6,8,10,14,21H,7,9,11H2,1H3/t14-/m0/s1. The number of amides is 1. The Morgan fingerprint density at radius 3 is 3.00 bits per heavy atom. The minimum absolute atomic E-state index is 0.0522. The SMILES string of the molecule is Cc1ccnc([C@H]2CCN(C(=O)c3cc4ccccc4[nH]3)C2)n1. The minimum atomic E-state index is 0.0522. The number of likely N-dealkylation sites (tertiary alicyclic amines) is 1. The van der Waals surface area contributed by atoms with Crippen LogP contribution in [0.3, 0.4) is 0 Å². The van der Waals surface area contributed by atoms with Crippen molar-refractivity contribution in [1.29, 1.82) is 0 Å². The zero-order valence-corrected chi connectivity index (χ0v) is 13.0. The molecule has 1 aliphatic rings. The fourth-order valence-electron chi connectivity index (χ4n) is 3.18. The Morgan fingerprint density at radius 2 is 2.17 bits per heavy atom. The third kappa shape index (κ3) is 2.59. The monoisotopic (exact) mass is 306 g/mol. The van der Waals surface area contributed by atoms with Crippen molar-refractivity contribution in [3.63, 3.8) is 0 Å². The molecule has 0 aliphatic carbocycles. The summed E-state index contributed by atoms with van der Waals surface area (Å²) in [5.41, 5.74) is 2.61. The maximum atomic E-state index is 12.7. The fraction of sp³-hybridized carbons (Fsp3) is 0.278. The van der Waals surface area contributed by atoms with Gasteiger partial charge in [0.15, 0.2) is 0 Å². The molecule has 5 heteroatoms. The van der Waals surface area contributed by atoms with E-state index in [1.165, 1.54) is 0 Å². The first kappa shape index (κ1) is 13.9. The first-order valence-electron chi connectivity index (χ1n) is 7.87. The molecule has 3 heterocycles. The number of nitrogens with one attached hydrogen (secondary N) is 1. The van der Waals surface area contributed by atoms with E-state index in [0.29, 0.717) is 12.2 Å². The molecule has 1 atom stereocenters. The zero-order valence-electron chi connectivity index (χ0n) is 13.0. The normalized spacial score (nSPS) is 17.8. The molecule has 1 amide bonds. The van der Waals surface area contributed by atoms with Gasteiger partial charge in [-0.25, -0.2) is 9.97 Å². The first-order valence-corrected chi connectivity index (χ1v) is 7.87. The molecule has 3 aromatic rings. The number of hydrogen-bond donors (Lipinski definition) is 1. The van der Waals surface area contributed by atoms with Gasteiger partial charge in [0.2, 0.25) is 0 Å². The molecule has 0 bridgehead atoms. The molecule has 1 aliphatic heterocycles. The third-order valence-electron chi connectivity index (χ3n) is 4.41. The third-order valence-corrected chi connectivity index (χ3v) is 4.41. The van der Waals surface area contributed by atoms with Crippen molar-refractivity contribution in [3.8, 4) is 0 Å². The van der Waals surface area contributed by atoms with Crippen LogP contribution in [0.25, 0.3) is 10.9 Å². The van der Waals surface area contributed by atoms with Gasteiger partial charge in [-0.1, -0.05) is 18.2 Å². The molecule has 0 spiro atoms. The van der Waals surface area contributed by atoms with Crippen LogP contribution >= 0.6 is 0 Å². The number of nitrogens with zero attached hydrogens (tertiary/aromatic N) is 3. The van der Waals surface area contributed by atoms with Crippen LogP contribution < -0.4 is 0 Å². The van der Waals surface area contributed by atoms with Crippen LogP contribution in [0.4, 0.5) is 0 Å². The van der Waals surface area contributed by atoms with Gasteiger partial charge in [0.1, 0.15) is 11.5 Å². The first-order chi connectivity index (χ1) is 11.2. The minimum Gasteiger partial charge on any atom is -0.351 e. The van der Waals surface area contributed by atoms with Gasteiger partial charge in [0.25, 0.3) is 5.91 Å². The van der Waals surface area contributed by atoms with E-state index in [1.807, 2.05) is 48.2 Å². The summed E-state index contributed by atoms with van der Waals surface area (Å²) in [7, 11) is 0. The second-order valence-electron chi connectivity index (χ2n) is 6.06. The van der Waals surface area contributed by atoms with Gasteiger partial charge in [-0.15, -0.1) is 0 Å². The largest absolute Gasteiger partial charge is 0.351 e. The van der Waals surface area contributed by atoms with Crippen molar-refractivity contribution in [2.75, 3.05) is 13.1 Å². The Hall–Kier alpha value is -2.69. The van der Waals surface area contributed by atoms with Crippen molar-refractivity contribution in [3.05, 3.63) is 59.8 Å². The van der Waals surface area contributed by atoms with Crippen molar-refractivity contribution in [2.24, 2.45) is 0 Å². The molecule has 0 saturated carbocycles. The molecular formula is C18H18N4O. The van der Waals surface area contributed by atoms with Crippen LogP contribution in [0.15, 0.2) is 42.6 Å². The smallest absolute Gasteiger partial charge is 0.270 e. The van der Waals surface area contributed by atoms with Gasteiger partial charge in [-0.2, -0.15) is 0 Å². The lowest BCUT2D eigenvalue weighted by Gasteiger charge is -2.15.